The van der Waals surface area contributed by atoms with E-state index >= 15 is 4.39 Å². The van der Waals surface area contributed by atoms with Crippen LogP contribution in [-0.2, 0) is 5.60 Å². The van der Waals surface area contributed by atoms with Crippen LogP contribution in [0.3, 0.4) is 0 Å². The first kappa shape index (κ1) is 28.1. The molecule has 0 aromatic carbocycles. The topological polar surface area (TPSA) is 98.5 Å². The normalized spacial score (nSPS) is 19.3. The van der Waals surface area contributed by atoms with Crippen LogP contribution < -0.4 is 10.2 Å². The van der Waals surface area contributed by atoms with E-state index in [0.29, 0.717) is 46.0 Å². The standard InChI is InChI=1S/C32H40FN9O/c1-32(2,43)25-5-4-6-27(36-25)42-29(21-7-8-21)28(33)24-20-35-31(38-30(24)42)37-26-10-9-23(19-34-26)40-13-11-22(12-14-40)41-17-15-39(3)16-18-41/h4-6,9-10,19-22,43H,7-8,11-18H2,1-3H3,(H,34,35,37,38). The van der Waals surface area contributed by atoms with E-state index in [1.807, 2.05) is 24.4 Å². The van der Waals surface area contributed by atoms with E-state index in [9.17, 15) is 5.11 Å². The average Bonchev–Trinajstić information content (AvgIpc) is 3.81. The van der Waals surface area contributed by atoms with Crippen LogP contribution in [0.15, 0.2) is 42.7 Å². The molecular weight excluding hydrogens is 545 g/mol. The summed E-state index contributed by atoms with van der Waals surface area (Å²) in [4.78, 5) is 26.0. The van der Waals surface area contributed by atoms with Crippen molar-refractivity contribution in [2.24, 2.45) is 0 Å². The Morgan fingerprint density at radius 3 is 2.35 bits per heavy atom. The summed E-state index contributed by atoms with van der Waals surface area (Å²) in [6.07, 6.45) is 7.60. The molecule has 2 N–H and O–H groups in total. The number of nitrogens with one attached hydrogen (secondary N) is 1. The molecule has 0 bridgehead atoms. The molecule has 4 aromatic rings. The third kappa shape index (κ3) is 5.69. The van der Waals surface area contributed by atoms with Gasteiger partial charge in [0.25, 0.3) is 0 Å². The van der Waals surface area contributed by atoms with Gasteiger partial charge in [0.2, 0.25) is 5.95 Å². The van der Waals surface area contributed by atoms with Crippen molar-refractivity contribution in [2.75, 3.05) is 56.5 Å². The molecule has 7 rings (SSSR count). The number of halogens is 1. The van der Waals surface area contributed by atoms with E-state index in [4.69, 9.17) is 9.97 Å². The largest absolute Gasteiger partial charge is 0.384 e. The van der Waals surface area contributed by atoms with Gasteiger partial charge in [0.05, 0.1) is 28.7 Å². The van der Waals surface area contributed by atoms with Gasteiger partial charge < -0.3 is 20.2 Å². The highest BCUT2D eigenvalue weighted by atomic mass is 19.1. The van der Waals surface area contributed by atoms with E-state index in [-0.39, 0.29) is 11.7 Å². The molecule has 0 unspecified atom stereocenters. The molecule has 0 spiro atoms. The highest BCUT2D eigenvalue weighted by Gasteiger charge is 2.34. The van der Waals surface area contributed by atoms with Gasteiger partial charge in [-0.25, -0.2) is 19.3 Å². The lowest BCUT2D eigenvalue weighted by atomic mass is 10.0. The molecule has 6 heterocycles. The molecule has 1 saturated carbocycles. The predicted octanol–water partition coefficient (Wildman–Crippen LogP) is 4.41. The summed E-state index contributed by atoms with van der Waals surface area (Å²) >= 11 is 0. The summed E-state index contributed by atoms with van der Waals surface area (Å²) in [6, 6.07) is 10.1. The molecule has 43 heavy (non-hydrogen) atoms. The highest BCUT2D eigenvalue weighted by molar-refractivity contribution is 5.81. The monoisotopic (exact) mass is 585 g/mol. The van der Waals surface area contributed by atoms with E-state index in [2.05, 4.69) is 43.1 Å². The van der Waals surface area contributed by atoms with Crippen LogP contribution in [0.4, 0.5) is 21.8 Å². The molecule has 226 valence electrons. The zero-order chi connectivity index (χ0) is 29.7. The Labute approximate surface area is 251 Å². The summed E-state index contributed by atoms with van der Waals surface area (Å²) in [5, 5.41) is 14.1. The molecule has 0 radical (unpaired) electrons. The SMILES string of the molecule is CN1CCN(C2CCN(c3ccc(Nc4ncc5c(F)c(C6CC6)n(-c6cccc(C(C)(C)O)n6)c5n4)nc3)CC2)CC1. The Kier molecular flexibility index (Phi) is 7.27. The number of nitrogens with zero attached hydrogens (tertiary/aromatic N) is 8. The maximum Gasteiger partial charge on any atom is 0.230 e. The number of piperidine rings is 1. The molecule has 10 nitrogen and oxygen atoms in total. The quantitative estimate of drug-likeness (QED) is 0.327. The van der Waals surface area contributed by atoms with Crippen LogP contribution in [0.5, 0.6) is 0 Å². The molecule has 2 aliphatic heterocycles. The average molecular weight is 586 g/mol. The summed E-state index contributed by atoms with van der Waals surface area (Å²) in [5.74, 6) is 1.29. The Balaban J connectivity index is 1.09. The number of fused-ring (bicyclic) bond motifs is 1. The van der Waals surface area contributed by atoms with Crippen molar-refractivity contribution in [1.82, 2.24) is 34.3 Å². The van der Waals surface area contributed by atoms with Crippen molar-refractivity contribution in [3.8, 4) is 5.82 Å². The minimum Gasteiger partial charge on any atom is -0.384 e. The third-order valence-corrected chi connectivity index (χ3v) is 9.11. The smallest absolute Gasteiger partial charge is 0.230 e. The fraction of sp³-hybridized carbons (Fsp3) is 0.500. The maximum absolute atomic E-state index is 15.7. The minimum absolute atomic E-state index is 0.110. The van der Waals surface area contributed by atoms with Crippen LogP contribution >= 0.6 is 0 Å². The van der Waals surface area contributed by atoms with Crippen molar-refractivity contribution in [3.63, 3.8) is 0 Å². The number of rotatable bonds is 7. The number of likely N-dealkylation sites (N-methyl/N-ethyl adjacent to an activating group) is 1. The lowest BCUT2D eigenvalue weighted by Gasteiger charge is -2.42. The minimum atomic E-state index is -1.13. The zero-order valence-corrected chi connectivity index (χ0v) is 25.2. The van der Waals surface area contributed by atoms with Crippen LogP contribution in [0, 0.1) is 5.82 Å². The van der Waals surface area contributed by atoms with Gasteiger partial charge in [-0.2, -0.15) is 4.98 Å². The first-order valence-corrected chi connectivity index (χ1v) is 15.4. The van der Waals surface area contributed by atoms with Gasteiger partial charge in [0, 0.05) is 57.4 Å². The zero-order valence-electron chi connectivity index (χ0n) is 25.2. The fourth-order valence-electron chi connectivity index (χ4n) is 6.39. The predicted molar refractivity (Wildman–Crippen MR) is 166 cm³/mol. The Morgan fingerprint density at radius 2 is 1.67 bits per heavy atom. The van der Waals surface area contributed by atoms with E-state index in [1.165, 1.54) is 32.1 Å². The van der Waals surface area contributed by atoms with Crippen molar-refractivity contribution in [1.29, 1.82) is 0 Å². The second-order valence-electron chi connectivity index (χ2n) is 12.8. The second-order valence-corrected chi connectivity index (χ2v) is 12.8. The van der Waals surface area contributed by atoms with Crippen LogP contribution in [-0.4, -0.2) is 91.8 Å². The number of pyridine rings is 2. The summed E-state index contributed by atoms with van der Waals surface area (Å²) in [7, 11) is 2.20. The number of aromatic nitrogens is 5. The Morgan fingerprint density at radius 1 is 0.907 bits per heavy atom. The Hall–Kier alpha value is -3.67. The number of hydrogen-bond donors (Lipinski definition) is 2. The van der Waals surface area contributed by atoms with Crippen LogP contribution in [0.2, 0.25) is 0 Å². The third-order valence-electron chi connectivity index (χ3n) is 9.11. The molecular formula is C32H40FN9O. The lowest BCUT2D eigenvalue weighted by molar-refractivity contribution is 0.0738. The van der Waals surface area contributed by atoms with Gasteiger partial charge in [-0.05, 0) is 70.8 Å². The van der Waals surface area contributed by atoms with Gasteiger partial charge in [0.15, 0.2) is 11.5 Å². The number of anilines is 3. The van der Waals surface area contributed by atoms with Crippen molar-refractivity contribution >= 4 is 28.5 Å². The summed E-state index contributed by atoms with van der Waals surface area (Å²) in [6.45, 7) is 10.1. The van der Waals surface area contributed by atoms with Crippen molar-refractivity contribution in [2.45, 2.75) is 57.1 Å². The highest BCUT2D eigenvalue weighted by Crippen LogP contribution is 2.45. The molecule has 0 atom stereocenters. The molecule has 2 saturated heterocycles. The molecule has 0 amide bonds. The summed E-state index contributed by atoms with van der Waals surface area (Å²) in [5.41, 5.74) is 1.51. The van der Waals surface area contributed by atoms with Crippen LogP contribution in [0.1, 0.15) is 56.8 Å². The molecule has 1 aliphatic carbocycles. The van der Waals surface area contributed by atoms with E-state index in [1.54, 1.807) is 24.5 Å². The van der Waals surface area contributed by atoms with Crippen molar-refractivity contribution in [3.05, 3.63) is 59.9 Å². The number of aliphatic hydroxyl groups is 1. The van der Waals surface area contributed by atoms with E-state index in [0.717, 1.165) is 44.7 Å². The second kappa shape index (κ2) is 11.1. The van der Waals surface area contributed by atoms with Crippen LogP contribution in [0.25, 0.3) is 16.9 Å². The van der Waals surface area contributed by atoms with Gasteiger partial charge in [0.1, 0.15) is 17.2 Å². The van der Waals surface area contributed by atoms with Crippen molar-refractivity contribution < 1.29 is 9.50 Å². The Bertz CT molecular complexity index is 1600. The summed E-state index contributed by atoms with van der Waals surface area (Å²) < 4.78 is 17.5. The first-order valence-electron chi connectivity index (χ1n) is 15.4. The van der Waals surface area contributed by atoms with E-state index < -0.39 is 5.60 Å². The molecule has 3 aliphatic rings. The van der Waals surface area contributed by atoms with Gasteiger partial charge in [-0.3, -0.25) is 9.47 Å². The molecule has 11 heteroatoms. The van der Waals surface area contributed by atoms with Gasteiger partial charge >= 0.3 is 0 Å². The number of piperazine rings is 1. The van der Waals surface area contributed by atoms with Gasteiger partial charge in [-0.15, -0.1) is 0 Å². The number of hydrogen-bond acceptors (Lipinski definition) is 9. The molecule has 4 aromatic heterocycles. The first-order chi connectivity index (χ1) is 20.7. The molecule has 3 fully saturated rings. The maximum atomic E-state index is 15.7. The lowest BCUT2D eigenvalue weighted by Crippen LogP contribution is -2.52. The fourth-order valence-corrected chi connectivity index (χ4v) is 6.39. The van der Waals surface area contributed by atoms with Gasteiger partial charge in [-0.1, -0.05) is 6.07 Å².